The van der Waals surface area contributed by atoms with Gasteiger partial charge < -0.3 is 15.0 Å². The number of nitrogens with zero attached hydrogens (tertiary/aromatic N) is 2. The number of hydrogen-bond donors (Lipinski definition) is 2. The second-order valence-electron chi connectivity index (χ2n) is 4.43. The van der Waals surface area contributed by atoms with Crippen molar-refractivity contribution in [1.29, 1.82) is 0 Å². The molecule has 7 heteroatoms. The van der Waals surface area contributed by atoms with Gasteiger partial charge in [0, 0.05) is 12.7 Å². The van der Waals surface area contributed by atoms with E-state index in [2.05, 4.69) is 10.3 Å². The number of hydrogen-bond acceptors (Lipinski definition) is 4. The fourth-order valence-electron chi connectivity index (χ4n) is 1.81. The summed E-state index contributed by atoms with van der Waals surface area (Å²) in [5.74, 6) is -1.19. The van der Waals surface area contributed by atoms with E-state index >= 15 is 0 Å². The molecule has 1 amide bonds. The summed E-state index contributed by atoms with van der Waals surface area (Å²) < 4.78 is 1.80. The molecule has 2 rings (SSSR count). The van der Waals surface area contributed by atoms with Gasteiger partial charge in [0.05, 0.1) is 12.2 Å². The summed E-state index contributed by atoms with van der Waals surface area (Å²) in [4.78, 5) is 27.3. The number of carbonyl (C=O) groups excluding carboxylic acids is 1. The smallest absolute Gasteiger partial charge is 0.347 e. The number of thiazole rings is 1. The first-order chi connectivity index (χ1) is 9.40. The van der Waals surface area contributed by atoms with E-state index in [-0.39, 0.29) is 17.3 Å². The molecule has 0 aliphatic carbocycles. The first kappa shape index (κ1) is 14.3. The standard InChI is InChI=1S/C13H15N3O3S/c1-7-4-5-9(16(7)3)12(17)14-6-10-15-8(2)11(20-10)13(18)19/h4-5H,6H2,1-3H3,(H,14,17)(H,18,19). The monoisotopic (exact) mass is 293 g/mol. The number of carboxylic acids is 1. The van der Waals surface area contributed by atoms with Crippen LogP contribution >= 0.6 is 11.3 Å². The zero-order valence-electron chi connectivity index (χ0n) is 11.4. The molecule has 2 N–H and O–H groups in total. The van der Waals surface area contributed by atoms with E-state index in [0.717, 1.165) is 17.0 Å². The number of carbonyl (C=O) groups is 2. The minimum atomic E-state index is -0.990. The number of aromatic carboxylic acids is 1. The summed E-state index contributed by atoms with van der Waals surface area (Å²) in [7, 11) is 1.82. The first-order valence-corrected chi connectivity index (χ1v) is 6.82. The molecule has 0 aromatic carbocycles. The number of aryl methyl sites for hydroxylation is 2. The molecule has 0 unspecified atom stereocenters. The van der Waals surface area contributed by atoms with E-state index in [0.29, 0.717) is 16.4 Å². The van der Waals surface area contributed by atoms with Crippen molar-refractivity contribution in [2.75, 3.05) is 0 Å². The highest BCUT2D eigenvalue weighted by Crippen LogP contribution is 2.17. The predicted molar refractivity (Wildman–Crippen MR) is 75.1 cm³/mol. The Morgan fingerprint density at radius 1 is 1.40 bits per heavy atom. The van der Waals surface area contributed by atoms with Crippen molar-refractivity contribution >= 4 is 23.2 Å². The highest BCUT2D eigenvalue weighted by atomic mass is 32.1. The van der Waals surface area contributed by atoms with Crippen LogP contribution in [0.1, 0.15) is 36.6 Å². The zero-order valence-corrected chi connectivity index (χ0v) is 12.2. The van der Waals surface area contributed by atoms with Gasteiger partial charge in [0.15, 0.2) is 0 Å². The molecule has 20 heavy (non-hydrogen) atoms. The Labute approximate surface area is 120 Å². The van der Waals surface area contributed by atoms with Crippen LogP contribution in [0.15, 0.2) is 12.1 Å². The average Bonchev–Trinajstić information content (AvgIpc) is 2.91. The van der Waals surface area contributed by atoms with Gasteiger partial charge in [-0.2, -0.15) is 0 Å². The molecule has 106 valence electrons. The summed E-state index contributed by atoms with van der Waals surface area (Å²) in [6.45, 7) is 3.79. The Morgan fingerprint density at radius 3 is 2.60 bits per heavy atom. The summed E-state index contributed by atoms with van der Waals surface area (Å²) in [5, 5.41) is 12.3. The molecule has 2 heterocycles. The topological polar surface area (TPSA) is 84.2 Å². The molecule has 0 aliphatic rings. The van der Waals surface area contributed by atoms with E-state index in [1.54, 1.807) is 17.6 Å². The van der Waals surface area contributed by atoms with Crippen LogP contribution < -0.4 is 5.32 Å². The van der Waals surface area contributed by atoms with E-state index in [1.807, 2.05) is 20.0 Å². The van der Waals surface area contributed by atoms with Crippen LogP contribution in [-0.4, -0.2) is 26.5 Å². The predicted octanol–water partition coefficient (Wildman–Crippen LogP) is 1.73. The molecule has 0 aliphatic heterocycles. The fourth-order valence-corrected chi connectivity index (χ4v) is 2.66. The summed E-state index contributed by atoms with van der Waals surface area (Å²) >= 11 is 1.08. The molecule has 0 radical (unpaired) electrons. The molecule has 0 atom stereocenters. The number of nitrogens with one attached hydrogen (secondary N) is 1. The normalized spacial score (nSPS) is 10.6. The lowest BCUT2D eigenvalue weighted by molar-refractivity contribution is 0.0701. The second kappa shape index (κ2) is 5.46. The second-order valence-corrected chi connectivity index (χ2v) is 5.51. The third kappa shape index (κ3) is 2.72. The van der Waals surface area contributed by atoms with Gasteiger partial charge >= 0.3 is 5.97 Å². The number of rotatable bonds is 4. The van der Waals surface area contributed by atoms with Crippen LogP contribution in [-0.2, 0) is 13.6 Å². The Balaban J connectivity index is 2.05. The first-order valence-electron chi connectivity index (χ1n) is 6.00. The molecule has 0 saturated carbocycles. The van der Waals surface area contributed by atoms with Gasteiger partial charge in [-0.15, -0.1) is 11.3 Å². The van der Waals surface area contributed by atoms with Crippen LogP contribution in [0.2, 0.25) is 0 Å². The lowest BCUT2D eigenvalue weighted by atomic mass is 10.4. The van der Waals surface area contributed by atoms with Crippen molar-refractivity contribution in [2.24, 2.45) is 7.05 Å². The maximum absolute atomic E-state index is 12.0. The Hall–Kier alpha value is -2.15. The van der Waals surface area contributed by atoms with Crippen molar-refractivity contribution in [2.45, 2.75) is 20.4 Å². The third-order valence-electron chi connectivity index (χ3n) is 3.04. The number of amides is 1. The molecule has 2 aromatic rings. The molecular formula is C13H15N3O3S. The van der Waals surface area contributed by atoms with Gasteiger partial charge in [-0.25, -0.2) is 9.78 Å². The number of aromatic nitrogens is 2. The zero-order chi connectivity index (χ0) is 14.9. The van der Waals surface area contributed by atoms with Crippen LogP contribution in [0, 0.1) is 13.8 Å². The molecule has 2 aromatic heterocycles. The van der Waals surface area contributed by atoms with E-state index in [4.69, 9.17) is 5.11 Å². The molecular weight excluding hydrogens is 278 g/mol. The van der Waals surface area contributed by atoms with E-state index < -0.39 is 5.97 Å². The Kier molecular flexibility index (Phi) is 3.89. The maximum Gasteiger partial charge on any atom is 0.347 e. The van der Waals surface area contributed by atoms with Crippen molar-refractivity contribution in [1.82, 2.24) is 14.9 Å². The van der Waals surface area contributed by atoms with E-state index in [9.17, 15) is 9.59 Å². The third-order valence-corrected chi connectivity index (χ3v) is 4.19. The van der Waals surface area contributed by atoms with Crippen molar-refractivity contribution in [3.05, 3.63) is 39.1 Å². The minimum Gasteiger partial charge on any atom is -0.477 e. The van der Waals surface area contributed by atoms with Crippen molar-refractivity contribution in [3.63, 3.8) is 0 Å². The highest BCUT2D eigenvalue weighted by molar-refractivity contribution is 7.13. The summed E-state index contributed by atoms with van der Waals surface area (Å²) in [6.07, 6.45) is 0. The minimum absolute atomic E-state index is 0.203. The molecule has 0 fully saturated rings. The summed E-state index contributed by atoms with van der Waals surface area (Å²) in [5.41, 5.74) is 2.03. The van der Waals surface area contributed by atoms with Gasteiger partial charge in [0.25, 0.3) is 5.91 Å². The molecule has 6 nitrogen and oxygen atoms in total. The largest absolute Gasteiger partial charge is 0.477 e. The van der Waals surface area contributed by atoms with Gasteiger partial charge in [-0.3, -0.25) is 4.79 Å². The maximum atomic E-state index is 12.0. The van der Waals surface area contributed by atoms with Gasteiger partial charge in [-0.1, -0.05) is 0 Å². The van der Waals surface area contributed by atoms with Crippen molar-refractivity contribution < 1.29 is 14.7 Å². The van der Waals surface area contributed by atoms with Crippen LogP contribution in [0.25, 0.3) is 0 Å². The Morgan fingerprint density at radius 2 is 2.10 bits per heavy atom. The summed E-state index contributed by atoms with van der Waals surface area (Å²) in [6, 6.07) is 3.62. The number of carboxylic acid groups (broad SMARTS) is 1. The van der Waals surface area contributed by atoms with Gasteiger partial charge in [-0.05, 0) is 26.0 Å². The van der Waals surface area contributed by atoms with Gasteiger partial charge in [0.2, 0.25) is 0 Å². The fraction of sp³-hybridized carbons (Fsp3) is 0.308. The molecule has 0 spiro atoms. The lowest BCUT2D eigenvalue weighted by Crippen LogP contribution is -2.25. The molecule has 0 saturated heterocycles. The molecule has 0 bridgehead atoms. The quantitative estimate of drug-likeness (QED) is 0.899. The SMILES string of the molecule is Cc1nc(CNC(=O)c2ccc(C)n2C)sc1C(=O)O. The highest BCUT2D eigenvalue weighted by Gasteiger charge is 2.15. The van der Waals surface area contributed by atoms with Crippen LogP contribution in [0.3, 0.4) is 0 Å². The van der Waals surface area contributed by atoms with Crippen LogP contribution in [0.5, 0.6) is 0 Å². The lowest BCUT2D eigenvalue weighted by Gasteiger charge is -2.05. The van der Waals surface area contributed by atoms with E-state index in [1.165, 1.54) is 0 Å². The van der Waals surface area contributed by atoms with Crippen molar-refractivity contribution in [3.8, 4) is 0 Å². The van der Waals surface area contributed by atoms with Crippen LogP contribution in [0.4, 0.5) is 0 Å². The Bertz CT molecular complexity index is 672. The average molecular weight is 293 g/mol. The van der Waals surface area contributed by atoms with Gasteiger partial charge in [0.1, 0.15) is 15.6 Å².